The zero-order valence-corrected chi connectivity index (χ0v) is 9.83. The van der Waals surface area contributed by atoms with Gasteiger partial charge in [-0.2, -0.15) is 0 Å². The number of carbonyl (C=O) groups is 2. The van der Waals surface area contributed by atoms with Crippen molar-refractivity contribution < 1.29 is 19.4 Å². The van der Waals surface area contributed by atoms with Crippen LogP contribution in [0, 0.1) is 0 Å². The van der Waals surface area contributed by atoms with Crippen LogP contribution in [0.3, 0.4) is 0 Å². The van der Waals surface area contributed by atoms with E-state index in [1.165, 1.54) is 0 Å². The average molecular weight is 249 g/mol. The van der Waals surface area contributed by atoms with E-state index in [0.717, 1.165) is 5.56 Å². The van der Waals surface area contributed by atoms with Gasteiger partial charge >= 0.3 is 11.9 Å². The highest BCUT2D eigenvalue weighted by Crippen LogP contribution is 2.12. The Balaban J connectivity index is 1.80. The minimum Gasteiger partial charge on any atom is -0.480 e. The molecule has 1 aromatic carbocycles. The van der Waals surface area contributed by atoms with Crippen molar-refractivity contribution >= 4 is 11.9 Å². The molecule has 2 rings (SSSR count). The summed E-state index contributed by atoms with van der Waals surface area (Å²) in [4.78, 5) is 22.4. The molecule has 2 N–H and O–H groups in total. The standard InChI is InChI=1S/C13H15NO4/c15-12(6-9-4-2-1-3-5-9)18-10-7-11(13(16)17)14-8-10/h1-5,10-11,14H,6-8H2,(H,16,17)/t10-,11+/m1/s1. The predicted octanol–water partition coefficient (Wildman–Crippen LogP) is 0.587. The van der Waals surface area contributed by atoms with Crippen LogP contribution >= 0.6 is 0 Å². The Morgan fingerprint density at radius 2 is 2.06 bits per heavy atom. The van der Waals surface area contributed by atoms with E-state index in [9.17, 15) is 9.59 Å². The van der Waals surface area contributed by atoms with E-state index in [2.05, 4.69) is 5.32 Å². The lowest BCUT2D eigenvalue weighted by molar-refractivity contribution is -0.148. The minimum atomic E-state index is -0.906. The second-order valence-corrected chi connectivity index (χ2v) is 4.31. The molecule has 18 heavy (non-hydrogen) atoms. The summed E-state index contributed by atoms with van der Waals surface area (Å²) in [7, 11) is 0. The number of hydrogen-bond acceptors (Lipinski definition) is 4. The van der Waals surface area contributed by atoms with E-state index < -0.39 is 12.0 Å². The van der Waals surface area contributed by atoms with Gasteiger partial charge in [-0.1, -0.05) is 30.3 Å². The van der Waals surface area contributed by atoms with E-state index in [1.54, 1.807) is 0 Å². The van der Waals surface area contributed by atoms with Gasteiger partial charge in [-0.25, -0.2) is 0 Å². The number of rotatable bonds is 4. The van der Waals surface area contributed by atoms with Gasteiger partial charge in [0.25, 0.3) is 0 Å². The van der Waals surface area contributed by atoms with Crippen LogP contribution in [0.4, 0.5) is 0 Å². The Morgan fingerprint density at radius 1 is 1.33 bits per heavy atom. The van der Waals surface area contributed by atoms with Gasteiger partial charge in [-0.05, 0) is 5.56 Å². The summed E-state index contributed by atoms with van der Waals surface area (Å²) >= 11 is 0. The molecule has 5 nitrogen and oxygen atoms in total. The molecule has 2 atom stereocenters. The van der Waals surface area contributed by atoms with Crippen molar-refractivity contribution in [1.29, 1.82) is 0 Å². The normalized spacial score (nSPS) is 22.7. The van der Waals surface area contributed by atoms with Crippen LogP contribution in [-0.4, -0.2) is 35.7 Å². The molecule has 1 aromatic rings. The fraction of sp³-hybridized carbons (Fsp3) is 0.385. The molecule has 0 aromatic heterocycles. The maximum Gasteiger partial charge on any atom is 0.320 e. The van der Waals surface area contributed by atoms with Crippen LogP contribution in [0.5, 0.6) is 0 Å². The summed E-state index contributed by atoms with van der Waals surface area (Å²) < 4.78 is 5.23. The molecule has 0 bridgehead atoms. The highest BCUT2D eigenvalue weighted by molar-refractivity contribution is 5.75. The summed E-state index contributed by atoms with van der Waals surface area (Å²) in [5.41, 5.74) is 0.892. The smallest absolute Gasteiger partial charge is 0.320 e. The second-order valence-electron chi connectivity index (χ2n) is 4.31. The summed E-state index contributed by atoms with van der Waals surface area (Å²) in [6.07, 6.45) is 0.201. The van der Waals surface area contributed by atoms with Gasteiger partial charge in [0.1, 0.15) is 12.1 Å². The van der Waals surface area contributed by atoms with Crippen LogP contribution in [0.2, 0.25) is 0 Å². The van der Waals surface area contributed by atoms with Gasteiger partial charge in [0.05, 0.1) is 6.42 Å². The van der Waals surface area contributed by atoms with Crippen molar-refractivity contribution in [3.05, 3.63) is 35.9 Å². The monoisotopic (exact) mass is 249 g/mol. The first-order valence-corrected chi connectivity index (χ1v) is 5.85. The van der Waals surface area contributed by atoms with Crippen LogP contribution in [0.1, 0.15) is 12.0 Å². The molecule has 1 saturated heterocycles. The number of carboxylic acid groups (broad SMARTS) is 1. The third-order valence-electron chi connectivity index (χ3n) is 2.88. The Kier molecular flexibility index (Phi) is 3.94. The van der Waals surface area contributed by atoms with Crippen molar-refractivity contribution in [2.75, 3.05) is 6.54 Å². The largest absolute Gasteiger partial charge is 0.480 e. The van der Waals surface area contributed by atoms with Gasteiger partial charge < -0.3 is 15.2 Å². The van der Waals surface area contributed by atoms with E-state index >= 15 is 0 Å². The SMILES string of the molecule is O=C(Cc1ccccc1)O[C@H]1CN[C@H](C(=O)O)C1. The Hall–Kier alpha value is -1.88. The summed E-state index contributed by atoms with van der Waals surface area (Å²) in [6.45, 7) is 0.400. The Bertz CT molecular complexity index is 432. The third-order valence-corrected chi connectivity index (χ3v) is 2.88. The van der Waals surface area contributed by atoms with Gasteiger partial charge in [0, 0.05) is 13.0 Å². The van der Waals surface area contributed by atoms with Crippen molar-refractivity contribution in [2.24, 2.45) is 0 Å². The van der Waals surface area contributed by atoms with E-state index in [-0.39, 0.29) is 18.5 Å². The maximum absolute atomic E-state index is 11.6. The number of esters is 1. The Morgan fingerprint density at radius 3 is 2.67 bits per heavy atom. The molecular formula is C13H15NO4. The van der Waals surface area contributed by atoms with Crippen LogP contribution in [0.25, 0.3) is 0 Å². The summed E-state index contributed by atoms with van der Waals surface area (Å²) in [5, 5.41) is 11.6. The number of ether oxygens (including phenoxy) is 1. The van der Waals surface area contributed by atoms with Crippen molar-refractivity contribution in [1.82, 2.24) is 5.32 Å². The maximum atomic E-state index is 11.6. The molecule has 0 aliphatic carbocycles. The van der Waals surface area contributed by atoms with Crippen LogP contribution in [0.15, 0.2) is 30.3 Å². The molecule has 0 unspecified atom stereocenters. The number of nitrogens with one attached hydrogen (secondary N) is 1. The summed E-state index contributed by atoms with van der Waals surface area (Å²) in [6, 6.07) is 8.70. The average Bonchev–Trinajstić information content (AvgIpc) is 2.78. The minimum absolute atomic E-state index is 0.217. The number of aliphatic carboxylic acids is 1. The Labute approximate surface area is 105 Å². The lowest BCUT2D eigenvalue weighted by Crippen LogP contribution is -2.30. The highest BCUT2D eigenvalue weighted by atomic mass is 16.5. The van der Waals surface area contributed by atoms with Crippen LogP contribution in [-0.2, 0) is 20.7 Å². The van der Waals surface area contributed by atoms with Crippen LogP contribution < -0.4 is 5.32 Å². The first kappa shape index (κ1) is 12.6. The lowest BCUT2D eigenvalue weighted by atomic mass is 10.1. The molecule has 0 amide bonds. The third kappa shape index (κ3) is 3.30. The molecule has 1 heterocycles. The van der Waals surface area contributed by atoms with Crippen molar-refractivity contribution in [2.45, 2.75) is 25.0 Å². The molecule has 96 valence electrons. The first-order valence-electron chi connectivity index (χ1n) is 5.85. The first-order chi connectivity index (χ1) is 8.65. The fourth-order valence-corrected chi connectivity index (χ4v) is 1.97. The predicted molar refractivity (Wildman–Crippen MR) is 64.1 cm³/mol. The highest BCUT2D eigenvalue weighted by Gasteiger charge is 2.31. The van der Waals surface area contributed by atoms with E-state index in [0.29, 0.717) is 13.0 Å². The molecule has 0 spiro atoms. The number of hydrogen-bond donors (Lipinski definition) is 2. The topological polar surface area (TPSA) is 75.6 Å². The van der Waals surface area contributed by atoms with Gasteiger partial charge in [0.15, 0.2) is 0 Å². The van der Waals surface area contributed by atoms with Gasteiger partial charge in [0.2, 0.25) is 0 Å². The van der Waals surface area contributed by atoms with E-state index in [1.807, 2.05) is 30.3 Å². The van der Waals surface area contributed by atoms with Gasteiger partial charge in [-0.15, -0.1) is 0 Å². The second kappa shape index (κ2) is 5.64. The lowest BCUT2D eigenvalue weighted by Gasteiger charge is -2.10. The summed E-state index contributed by atoms with van der Waals surface area (Å²) in [5.74, 6) is -1.23. The molecule has 0 saturated carbocycles. The van der Waals surface area contributed by atoms with Crippen molar-refractivity contribution in [3.63, 3.8) is 0 Å². The molecular weight excluding hydrogens is 234 g/mol. The molecule has 0 radical (unpaired) electrons. The zero-order valence-electron chi connectivity index (χ0n) is 9.83. The number of carbonyl (C=O) groups excluding carboxylic acids is 1. The molecule has 1 aliphatic rings. The number of carboxylic acids is 1. The molecule has 1 fully saturated rings. The molecule has 5 heteroatoms. The zero-order chi connectivity index (χ0) is 13.0. The molecule has 1 aliphatic heterocycles. The van der Waals surface area contributed by atoms with Crippen molar-refractivity contribution in [3.8, 4) is 0 Å². The van der Waals surface area contributed by atoms with E-state index in [4.69, 9.17) is 9.84 Å². The fourth-order valence-electron chi connectivity index (χ4n) is 1.97. The quantitative estimate of drug-likeness (QED) is 0.764. The number of benzene rings is 1. The van der Waals surface area contributed by atoms with Gasteiger partial charge in [-0.3, -0.25) is 9.59 Å².